The highest BCUT2D eigenvalue weighted by molar-refractivity contribution is 7.98. The minimum atomic E-state index is -0.914. The molecule has 0 aliphatic rings. The summed E-state index contributed by atoms with van der Waals surface area (Å²) in [5.74, 6) is -0.590. The molecule has 0 bridgehead atoms. The fourth-order valence-electron chi connectivity index (χ4n) is 2.48. The van der Waals surface area contributed by atoms with Crippen LogP contribution in [0.1, 0.15) is 49.0 Å². The quantitative estimate of drug-likeness (QED) is 0.572. The third-order valence-electron chi connectivity index (χ3n) is 4.20. The van der Waals surface area contributed by atoms with E-state index in [-0.39, 0.29) is 5.91 Å². The van der Waals surface area contributed by atoms with Crippen LogP contribution < -0.4 is 5.32 Å². The molecule has 0 aliphatic carbocycles. The standard InChI is InChI=1S/C20H24N2O3S/c1-5-13(2)15-9-6-7-11-17(15)22-18(23)14(3)25-20(24)16-10-8-12-21-19(16)26-4/h6-14H,5H2,1-4H3,(H,22,23)/t13-,14+/m1/s1. The summed E-state index contributed by atoms with van der Waals surface area (Å²) in [6, 6.07) is 11.0. The number of aromatic nitrogens is 1. The second kappa shape index (κ2) is 9.38. The number of para-hydroxylation sites is 1. The van der Waals surface area contributed by atoms with Gasteiger partial charge < -0.3 is 10.1 Å². The topological polar surface area (TPSA) is 68.3 Å². The van der Waals surface area contributed by atoms with Gasteiger partial charge in [-0.2, -0.15) is 0 Å². The largest absolute Gasteiger partial charge is 0.449 e. The molecule has 0 saturated heterocycles. The fraction of sp³-hybridized carbons (Fsp3) is 0.350. The van der Waals surface area contributed by atoms with E-state index in [2.05, 4.69) is 24.1 Å². The zero-order valence-corrected chi connectivity index (χ0v) is 16.3. The van der Waals surface area contributed by atoms with E-state index < -0.39 is 12.1 Å². The van der Waals surface area contributed by atoms with Gasteiger partial charge in [-0.15, -0.1) is 11.8 Å². The summed E-state index contributed by atoms with van der Waals surface area (Å²) in [6.07, 6.45) is 3.50. The van der Waals surface area contributed by atoms with Crippen LogP contribution >= 0.6 is 11.8 Å². The van der Waals surface area contributed by atoms with Crippen LogP contribution in [0.4, 0.5) is 5.69 Å². The zero-order chi connectivity index (χ0) is 19.1. The number of carbonyl (C=O) groups is 2. The van der Waals surface area contributed by atoms with E-state index >= 15 is 0 Å². The normalized spacial score (nSPS) is 12.9. The number of carbonyl (C=O) groups excluding carboxylic acids is 2. The first-order valence-corrected chi connectivity index (χ1v) is 9.80. The van der Waals surface area contributed by atoms with E-state index in [0.29, 0.717) is 16.5 Å². The van der Waals surface area contributed by atoms with E-state index in [0.717, 1.165) is 17.7 Å². The highest BCUT2D eigenvalue weighted by Crippen LogP contribution is 2.26. The Morgan fingerprint density at radius 2 is 1.92 bits per heavy atom. The van der Waals surface area contributed by atoms with Crippen molar-refractivity contribution >= 4 is 29.3 Å². The number of amides is 1. The lowest BCUT2D eigenvalue weighted by atomic mass is 9.97. The summed E-state index contributed by atoms with van der Waals surface area (Å²) in [4.78, 5) is 29.0. The second-order valence-electron chi connectivity index (χ2n) is 5.99. The molecule has 0 fully saturated rings. The molecule has 2 atom stereocenters. The summed E-state index contributed by atoms with van der Waals surface area (Å²) in [5.41, 5.74) is 2.18. The Morgan fingerprint density at radius 1 is 1.19 bits per heavy atom. The van der Waals surface area contributed by atoms with Gasteiger partial charge in [0.15, 0.2) is 6.10 Å². The number of thioether (sulfide) groups is 1. The summed E-state index contributed by atoms with van der Waals surface area (Å²) in [5, 5.41) is 3.45. The number of anilines is 1. The smallest absolute Gasteiger partial charge is 0.341 e. The second-order valence-corrected chi connectivity index (χ2v) is 6.79. The van der Waals surface area contributed by atoms with Crippen LogP contribution in [0.2, 0.25) is 0 Å². The summed E-state index contributed by atoms with van der Waals surface area (Å²) >= 11 is 1.36. The van der Waals surface area contributed by atoms with Crippen LogP contribution in [0.5, 0.6) is 0 Å². The molecule has 1 heterocycles. The molecule has 0 saturated carbocycles. The fourth-order valence-corrected chi connectivity index (χ4v) is 3.02. The van der Waals surface area contributed by atoms with Crippen LogP contribution in [0.3, 0.4) is 0 Å². The van der Waals surface area contributed by atoms with Crippen LogP contribution in [-0.2, 0) is 9.53 Å². The van der Waals surface area contributed by atoms with E-state index in [4.69, 9.17) is 4.74 Å². The summed E-state index contributed by atoms with van der Waals surface area (Å²) < 4.78 is 5.34. The Balaban J connectivity index is 2.08. The minimum absolute atomic E-state index is 0.323. The van der Waals surface area contributed by atoms with Crippen molar-refractivity contribution in [3.63, 3.8) is 0 Å². The Kier molecular flexibility index (Phi) is 7.21. The number of esters is 1. The van der Waals surface area contributed by atoms with Gasteiger partial charge in [-0.25, -0.2) is 9.78 Å². The van der Waals surface area contributed by atoms with Gasteiger partial charge in [0, 0.05) is 11.9 Å². The maximum Gasteiger partial charge on any atom is 0.341 e. The molecule has 0 radical (unpaired) electrons. The van der Waals surface area contributed by atoms with Crippen molar-refractivity contribution in [2.24, 2.45) is 0 Å². The first kappa shape index (κ1) is 20.0. The lowest BCUT2D eigenvalue weighted by Gasteiger charge is -2.18. The van der Waals surface area contributed by atoms with Gasteiger partial charge in [0.1, 0.15) is 5.03 Å². The molecule has 1 N–H and O–H groups in total. The maximum absolute atomic E-state index is 12.5. The number of benzene rings is 1. The van der Waals surface area contributed by atoms with Crippen molar-refractivity contribution in [1.29, 1.82) is 0 Å². The van der Waals surface area contributed by atoms with Crippen molar-refractivity contribution in [2.45, 2.75) is 44.2 Å². The van der Waals surface area contributed by atoms with Crippen molar-refractivity contribution < 1.29 is 14.3 Å². The third-order valence-corrected chi connectivity index (χ3v) is 4.91. The van der Waals surface area contributed by atoms with Gasteiger partial charge in [-0.3, -0.25) is 4.79 Å². The van der Waals surface area contributed by atoms with Crippen molar-refractivity contribution in [3.8, 4) is 0 Å². The molecule has 2 aromatic rings. The average Bonchev–Trinajstić information content (AvgIpc) is 2.67. The zero-order valence-electron chi connectivity index (χ0n) is 15.5. The molecular weight excluding hydrogens is 348 g/mol. The van der Waals surface area contributed by atoms with Gasteiger partial charge in [0.25, 0.3) is 5.91 Å². The van der Waals surface area contributed by atoms with E-state index in [1.54, 1.807) is 25.3 Å². The molecule has 6 heteroatoms. The first-order valence-electron chi connectivity index (χ1n) is 8.57. The Hall–Kier alpha value is -2.34. The van der Waals surface area contributed by atoms with Gasteiger partial charge in [-0.1, -0.05) is 32.0 Å². The number of hydrogen-bond acceptors (Lipinski definition) is 5. The molecule has 1 aromatic heterocycles. The lowest BCUT2D eigenvalue weighted by molar-refractivity contribution is -0.123. The van der Waals surface area contributed by atoms with Gasteiger partial charge in [-0.05, 0) is 49.3 Å². The monoisotopic (exact) mass is 372 g/mol. The Labute approximate surface area is 158 Å². The number of pyridine rings is 1. The van der Waals surface area contributed by atoms with Gasteiger partial charge in [0.05, 0.1) is 5.56 Å². The first-order chi connectivity index (χ1) is 12.5. The molecule has 138 valence electrons. The molecule has 5 nitrogen and oxygen atoms in total. The lowest BCUT2D eigenvalue weighted by Crippen LogP contribution is -2.30. The van der Waals surface area contributed by atoms with Gasteiger partial charge >= 0.3 is 5.97 Å². The Morgan fingerprint density at radius 3 is 2.62 bits per heavy atom. The van der Waals surface area contributed by atoms with Crippen molar-refractivity contribution in [3.05, 3.63) is 53.7 Å². The van der Waals surface area contributed by atoms with Crippen LogP contribution in [0.25, 0.3) is 0 Å². The van der Waals surface area contributed by atoms with E-state index in [1.807, 2.05) is 30.5 Å². The minimum Gasteiger partial charge on any atom is -0.449 e. The van der Waals surface area contributed by atoms with Crippen LogP contribution in [-0.4, -0.2) is 29.2 Å². The van der Waals surface area contributed by atoms with Crippen LogP contribution in [0, 0.1) is 0 Å². The van der Waals surface area contributed by atoms with E-state index in [1.165, 1.54) is 11.8 Å². The molecule has 1 amide bonds. The molecule has 26 heavy (non-hydrogen) atoms. The highest BCUT2D eigenvalue weighted by atomic mass is 32.2. The molecule has 0 unspecified atom stereocenters. The summed E-state index contributed by atoms with van der Waals surface area (Å²) in [7, 11) is 0. The Bertz CT molecular complexity index is 779. The SMILES string of the molecule is CC[C@@H](C)c1ccccc1NC(=O)[C@H](C)OC(=O)c1cccnc1SC. The third kappa shape index (κ3) is 4.85. The van der Waals surface area contributed by atoms with E-state index in [9.17, 15) is 9.59 Å². The van der Waals surface area contributed by atoms with Crippen molar-refractivity contribution in [2.75, 3.05) is 11.6 Å². The number of nitrogens with zero attached hydrogens (tertiary/aromatic N) is 1. The molecule has 2 rings (SSSR count). The van der Waals surface area contributed by atoms with Crippen molar-refractivity contribution in [1.82, 2.24) is 4.98 Å². The average molecular weight is 372 g/mol. The number of nitrogens with one attached hydrogen (secondary N) is 1. The van der Waals surface area contributed by atoms with Crippen LogP contribution in [0.15, 0.2) is 47.6 Å². The van der Waals surface area contributed by atoms with Gasteiger partial charge in [0.2, 0.25) is 0 Å². The predicted molar refractivity (Wildman–Crippen MR) is 105 cm³/mol. The highest BCUT2D eigenvalue weighted by Gasteiger charge is 2.22. The predicted octanol–water partition coefficient (Wildman–Crippen LogP) is 4.50. The summed E-state index contributed by atoms with van der Waals surface area (Å²) in [6.45, 7) is 5.78. The molecule has 0 aliphatic heterocycles. The number of rotatable bonds is 7. The number of hydrogen-bond donors (Lipinski definition) is 1. The molecular formula is C20H24N2O3S. The number of ether oxygens (including phenoxy) is 1. The molecule has 0 spiro atoms. The maximum atomic E-state index is 12.5. The molecule has 1 aromatic carbocycles.